The van der Waals surface area contributed by atoms with Crippen molar-refractivity contribution in [3.8, 4) is 0 Å². The van der Waals surface area contributed by atoms with Crippen LogP contribution in [0.2, 0.25) is 9.79 Å². The van der Waals surface area contributed by atoms with Crippen LogP contribution in [0.1, 0.15) is 449 Å². The molecule has 0 saturated heterocycles. The summed E-state index contributed by atoms with van der Waals surface area (Å²) in [7, 11) is 0. The van der Waals surface area contributed by atoms with Gasteiger partial charge in [0.15, 0.2) is 0 Å². The van der Waals surface area contributed by atoms with Gasteiger partial charge in [0, 0.05) is 22.3 Å². The molecule has 0 radical (unpaired) electrons. The monoisotopic (exact) mass is 1320 g/mol. The Morgan fingerprint density at radius 1 is 0.247 bits per heavy atom. The van der Waals surface area contributed by atoms with E-state index in [0.29, 0.717) is 0 Å². The Hall–Kier alpha value is -1.82. The van der Waals surface area contributed by atoms with E-state index in [-0.39, 0.29) is 0 Å². The van der Waals surface area contributed by atoms with Crippen LogP contribution < -0.4 is 0 Å². The van der Waals surface area contributed by atoms with Gasteiger partial charge in [-0.1, -0.05) is 271 Å². The van der Waals surface area contributed by atoms with Gasteiger partial charge < -0.3 is 5.53 Å². The van der Waals surface area contributed by atoms with E-state index in [4.69, 9.17) is 0 Å². The minimum atomic E-state index is 0.996. The number of allylic oxidation sites excluding steroid dienone is 2. The van der Waals surface area contributed by atoms with E-state index in [2.05, 4.69) is 90.1 Å². The molecule has 2 aromatic rings. The second-order valence-electron chi connectivity index (χ2n) is 28.2. The predicted octanol–water partition coefficient (Wildman–Crippen LogP) is 31.4. The number of rotatable bonds is 66. The quantitative estimate of drug-likeness (QED) is 0.0358. The van der Waals surface area contributed by atoms with Crippen LogP contribution in [0.25, 0.3) is 16.9 Å². The minimum Gasteiger partial charge on any atom is -0.0654 e. The van der Waals surface area contributed by atoms with Gasteiger partial charge in [0.05, 0.1) is 0 Å². The molecular weight excluding hydrogens is 1170 g/mol. The molecule has 0 amide bonds. The minimum absolute atomic E-state index is 0.996. The van der Waals surface area contributed by atoms with Crippen LogP contribution in [0.3, 0.4) is 0 Å². The van der Waals surface area contributed by atoms with Crippen LogP contribution in [0.4, 0.5) is 0 Å². The fourth-order valence-electron chi connectivity index (χ4n) is 13.6. The van der Waals surface area contributed by atoms with Gasteiger partial charge in [-0.05, 0) is 86.8 Å². The zero-order valence-electron chi connectivity index (χ0n) is 61.1. The van der Waals surface area contributed by atoms with E-state index >= 15 is 0 Å². The van der Waals surface area contributed by atoms with Gasteiger partial charge in [0.2, 0.25) is 11.4 Å². The molecule has 1 aliphatic heterocycles. The van der Waals surface area contributed by atoms with Crippen molar-refractivity contribution in [2.75, 3.05) is 0 Å². The zero-order valence-corrected chi connectivity index (χ0v) is 62.6. The fraction of sp³-hybridized carbons (Fsp3) is 0.814. The Bertz CT molecular complexity index is 1840. The third-order valence-corrected chi connectivity index (χ3v) is 21.8. The third kappa shape index (κ3) is 46.8. The van der Waals surface area contributed by atoms with E-state index in [1.54, 1.807) is 9.79 Å². The first-order valence-electron chi connectivity index (χ1n) is 40.6. The summed E-state index contributed by atoms with van der Waals surface area (Å²) >= 11 is 1.05. The van der Waals surface area contributed by atoms with Crippen LogP contribution >= 0.6 is 0 Å². The van der Waals surface area contributed by atoms with Crippen molar-refractivity contribution in [2.45, 2.75) is 449 Å². The molecule has 0 unspecified atom stereocenters. The molecule has 0 N–H and O–H groups in total. The van der Waals surface area contributed by atoms with Crippen molar-refractivity contribution in [1.82, 2.24) is 0 Å². The van der Waals surface area contributed by atoms with Crippen molar-refractivity contribution in [3.63, 3.8) is 0 Å². The molecule has 2 nitrogen and oxygen atoms in total. The molecule has 3 rings (SSSR count). The van der Waals surface area contributed by atoms with Crippen molar-refractivity contribution in [2.24, 2.45) is 0 Å². The molecule has 1 heterocycles. The summed E-state index contributed by atoms with van der Waals surface area (Å²) in [5.74, 6) is 0. The van der Waals surface area contributed by atoms with Crippen LogP contribution in [0, 0.1) is 0 Å². The molecule has 0 spiro atoms. The molecule has 2 aromatic carbocycles. The number of benzene rings is 2. The van der Waals surface area contributed by atoms with Crippen molar-refractivity contribution in [1.29, 1.82) is 0 Å². The predicted molar refractivity (Wildman–Crippen MR) is 398 cm³/mol. The Morgan fingerprint density at radius 2 is 0.494 bits per heavy atom. The fourth-order valence-corrected chi connectivity index (χ4v) is 15.6. The van der Waals surface area contributed by atoms with Crippen LogP contribution in [-0.4, -0.2) is 4.70 Å². The SMILES string of the molecule is CCCCC1=C(c2ccc(CCCC)cc2)[N+](=[N-])C(c2cccc(CCCC)c2)=C1CCCC.CCCCCCCCCCCCCCCCCCCCCCCCCC[CH2][Pd][CH2]CCCCCCCCCCCCCCCCCCCCCCCCCC. The summed E-state index contributed by atoms with van der Waals surface area (Å²) in [5.41, 5.74) is 21.4. The molecule has 0 aliphatic carbocycles. The Kier molecular flexibility index (Phi) is 60.7. The Morgan fingerprint density at radius 3 is 0.787 bits per heavy atom. The van der Waals surface area contributed by atoms with Gasteiger partial charge in [-0.15, -0.1) is 0 Å². The topological polar surface area (TPSA) is 25.3 Å². The molecule has 89 heavy (non-hydrogen) atoms. The Labute approximate surface area is 567 Å². The normalized spacial score (nSPS) is 12.6. The zero-order chi connectivity index (χ0) is 63.8. The van der Waals surface area contributed by atoms with Gasteiger partial charge in [-0.2, -0.15) is 0 Å². The summed E-state index contributed by atoms with van der Waals surface area (Å²) < 4.78 is 1.52. The van der Waals surface area contributed by atoms with Crippen LogP contribution in [0.5, 0.6) is 0 Å². The van der Waals surface area contributed by atoms with Crippen molar-refractivity contribution < 1.29 is 22.7 Å². The van der Waals surface area contributed by atoms with E-state index < -0.39 is 0 Å². The molecular formula is C86H154N2Pd. The second-order valence-corrected chi connectivity index (χ2v) is 30.6. The summed E-state index contributed by atoms with van der Waals surface area (Å²) in [4.78, 5) is 3.10. The van der Waals surface area contributed by atoms with Crippen molar-refractivity contribution in [3.05, 3.63) is 87.5 Å². The van der Waals surface area contributed by atoms with Gasteiger partial charge in [-0.3, -0.25) is 0 Å². The average molecular weight is 1320 g/mol. The number of hydrogen-bond donors (Lipinski definition) is 0. The molecule has 0 fully saturated rings. The number of nitrogens with zero attached hydrogens (tertiary/aromatic N) is 2. The summed E-state index contributed by atoms with van der Waals surface area (Å²) in [6.07, 6.45) is 88.2. The van der Waals surface area contributed by atoms with E-state index in [0.717, 1.165) is 91.9 Å². The molecule has 1 aliphatic rings. The molecule has 3 heteroatoms. The van der Waals surface area contributed by atoms with Gasteiger partial charge >= 0.3 is 169 Å². The molecule has 0 atom stereocenters. The van der Waals surface area contributed by atoms with Crippen LogP contribution in [-0.2, 0) is 30.8 Å². The summed E-state index contributed by atoms with van der Waals surface area (Å²) in [6.45, 7) is 13.6. The van der Waals surface area contributed by atoms with E-state index in [9.17, 15) is 5.53 Å². The van der Waals surface area contributed by atoms with E-state index in [1.165, 1.54) is 374 Å². The first-order valence-corrected chi connectivity index (χ1v) is 42.8. The molecule has 0 aromatic heterocycles. The number of unbranched alkanes of at least 4 members (excludes halogenated alkanes) is 52. The van der Waals surface area contributed by atoms with Gasteiger partial charge in [0.1, 0.15) is 0 Å². The third-order valence-electron chi connectivity index (χ3n) is 19.6. The van der Waals surface area contributed by atoms with Gasteiger partial charge in [-0.25, -0.2) is 4.70 Å². The smallest absolute Gasteiger partial charge is 0.0654 e. The molecule has 518 valence electrons. The van der Waals surface area contributed by atoms with E-state index in [1.807, 2.05) is 0 Å². The Balaban J connectivity index is 0.000000673. The average Bonchev–Trinajstić information content (AvgIpc) is 1.63. The number of hydrogen-bond acceptors (Lipinski definition) is 0. The second kappa shape index (κ2) is 64.9. The maximum atomic E-state index is 11.7. The first-order chi connectivity index (χ1) is 44.1. The van der Waals surface area contributed by atoms with Crippen molar-refractivity contribution >= 4 is 11.4 Å². The van der Waals surface area contributed by atoms with Crippen LogP contribution in [0.15, 0.2) is 59.7 Å². The maximum absolute atomic E-state index is 11.7. The summed E-state index contributed by atoms with van der Waals surface area (Å²) in [6, 6.07) is 17.8. The van der Waals surface area contributed by atoms with Gasteiger partial charge in [0.25, 0.3) is 0 Å². The number of aryl methyl sites for hydroxylation is 2. The molecule has 0 bridgehead atoms. The summed E-state index contributed by atoms with van der Waals surface area (Å²) in [5, 5.41) is 0. The first kappa shape index (κ1) is 83.3. The standard InChI is InChI=1S/C32H44N2.2C27H55.Pd/c1-5-9-14-25-20-22-27(23-21-25)31-29(18-11-7-3)30(19-12-8-4)32(34(31)33)28-17-13-16-26(24-28)15-10-6-2;2*1-3-5-7-9-11-13-15-17-19-21-23-25-27-26-24-22-20-18-16-14-12-10-8-6-4-2;/h13,16-17,20-24H,5-12,14-15,18-19H2,1-4H3;2*1,3-27H2,2H3;. The molecule has 0 saturated carbocycles.